The number of benzene rings is 3. The number of anilines is 1. The average molecular weight is 411 g/mol. The molecule has 29 heavy (non-hydrogen) atoms. The number of hydrogen-bond donors (Lipinski definition) is 0. The van der Waals surface area contributed by atoms with Crippen LogP contribution in [0.1, 0.15) is 15.9 Å². The van der Waals surface area contributed by atoms with Crippen LogP contribution in [0.5, 0.6) is 5.75 Å². The normalized spacial score (nSPS) is 11.1. The van der Waals surface area contributed by atoms with Crippen molar-refractivity contribution in [1.82, 2.24) is 0 Å². The molecule has 0 fully saturated rings. The summed E-state index contributed by atoms with van der Waals surface area (Å²) in [6.07, 6.45) is 0. The highest BCUT2D eigenvalue weighted by molar-refractivity contribution is 7.92. The van der Waals surface area contributed by atoms with E-state index in [1.54, 1.807) is 86.0 Å². The Balaban J connectivity index is 1.70. The lowest BCUT2D eigenvalue weighted by molar-refractivity contribution is 0.0734. The van der Waals surface area contributed by atoms with Crippen LogP contribution in [0.25, 0.3) is 0 Å². The minimum Gasteiger partial charge on any atom is -0.423 e. The molecule has 7 heteroatoms. The van der Waals surface area contributed by atoms with Gasteiger partial charge in [0.1, 0.15) is 5.75 Å². The predicted octanol–water partition coefficient (Wildman–Crippen LogP) is 3.88. The summed E-state index contributed by atoms with van der Waals surface area (Å²) in [5.74, 6) is -0.169. The topological polar surface area (TPSA) is 72.9 Å². The number of esters is 1. The molecule has 0 saturated carbocycles. The zero-order valence-electron chi connectivity index (χ0n) is 16.1. The van der Waals surface area contributed by atoms with E-state index in [0.29, 0.717) is 23.6 Å². The van der Waals surface area contributed by atoms with E-state index in [9.17, 15) is 13.2 Å². The maximum atomic E-state index is 12.7. The van der Waals surface area contributed by atoms with Gasteiger partial charge in [-0.25, -0.2) is 13.2 Å². The third-order valence-corrected chi connectivity index (χ3v) is 6.11. The lowest BCUT2D eigenvalue weighted by atomic mass is 10.1. The lowest BCUT2D eigenvalue weighted by Gasteiger charge is -2.19. The van der Waals surface area contributed by atoms with Gasteiger partial charge in [-0.2, -0.15) is 0 Å². The minimum absolute atomic E-state index is 0.204. The molecular weight excluding hydrogens is 390 g/mol. The van der Waals surface area contributed by atoms with E-state index in [2.05, 4.69) is 0 Å². The third-order valence-electron chi connectivity index (χ3n) is 4.31. The molecule has 0 aromatic heterocycles. The van der Waals surface area contributed by atoms with Gasteiger partial charge < -0.3 is 9.47 Å². The van der Waals surface area contributed by atoms with Gasteiger partial charge in [0.05, 0.1) is 22.8 Å². The summed E-state index contributed by atoms with van der Waals surface area (Å²) >= 11 is 0. The van der Waals surface area contributed by atoms with Crippen LogP contribution in [-0.2, 0) is 21.4 Å². The fourth-order valence-electron chi connectivity index (χ4n) is 2.68. The minimum atomic E-state index is -3.66. The molecule has 0 bridgehead atoms. The Kier molecular flexibility index (Phi) is 6.31. The van der Waals surface area contributed by atoms with Gasteiger partial charge in [-0.15, -0.1) is 0 Å². The average Bonchev–Trinajstić information content (AvgIpc) is 2.75. The summed E-state index contributed by atoms with van der Waals surface area (Å²) in [5, 5.41) is 0. The number of methoxy groups -OCH3 is 1. The van der Waals surface area contributed by atoms with Gasteiger partial charge in [-0.3, -0.25) is 4.31 Å². The molecule has 3 aromatic carbocycles. The van der Waals surface area contributed by atoms with E-state index < -0.39 is 16.0 Å². The quantitative estimate of drug-likeness (QED) is 0.436. The number of nitrogens with zero attached hydrogens (tertiary/aromatic N) is 1. The van der Waals surface area contributed by atoms with Crippen molar-refractivity contribution in [3.63, 3.8) is 0 Å². The van der Waals surface area contributed by atoms with Crippen molar-refractivity contribution >= 4 is 21.7 Å². The molecule has 0 aliphatic heterocycles. The van der Waals surface area contributed by atoms with E-state index in [0.717, 1.165) is 5.56 Å². The van der Waals surface area contributed by atoms with Crippen molar-refractivity contribution < 1.29 is 22.7 Å². The molecule has 3 rings (SSSR count). The van der Waals surface area contributed by atoms with Crippen LogP contribution in [0.4, 0.5) is 5.69 Å². The van der Waals surface area contributed by atoms with Crippen LogP contribution in [0, 0.1) is 0 Å². The fourth-order valence-corrected chi connectivity index (χ4v) is 3.90. The van der Waals surface area contributed by atoms with Crippen LogP contribution in [0.2, 0.25) is 0 Å². The summed E-state index contributed by atoms with van der Waals surface area (Å²) in [6.45, 7) is 0.468. The van der Waals surface area contributed by atoms with Crippen LogP contribution >= 0.6 is 0 Å². The highest BCUT2D eigenvalue weighted by Gasteiger charge is 2.21. The molecule has 6 nitrogen and oxygen atoms in total. The smallest absolute Gasteiger partial charge is 0.343 e. The van der Waals surface area contributed by atoms with Crippen LogP contribution in [0.15, 0.2) is 83.8 Å². The second-order valence-electron chi connectivity index (χ2n) is 6.30. The molecule has 0 saturated heterocycles. The molecular formula is C22H21NO5S. The zero-order valence-corrected chi connectivity index (χ0v) is 16.9. The Morgan fingerprint density at radius 3 is 2.10 bits per heavy atom. The van der Waals surface area contributed by atoms with Gasteiger partial charge in [-0.05, 0) is 54.1 Å². The number of carbonyl (C=O) groups is 1. The first-order chi connectivity index (χ1) is 13.9. The number of sulfonamides is 1. The first-order valence-electron chi connectivity index (χ1n) is 8.86. The first-order valence-corrected chi connectivity index (χ1v) is 10.3. The SMILES string of the molecule is COCc1ccc(C(=O)Oc2ccc(N(C)S(=O)(=O)c3ccccc3)cc2)cc1. The molecule has 0 N–H and O–H groups in total. The first kappa shape index (κ1) is 20.6. The van der Waals surface area contributed by atoms with Gasteiger partial charge >= 0.3 is 5.97 Å². The maximum Gasteiger partial charge on any atom is 0.343 e. The Morgan fingerprint density at radius 1 is 0.897 bits per heavy atom. The molecule has 0 atom stereocenters. The van der Waals surface area contributed by atoms with Gasteiger partial charge in [0.2, 0.25) is 0 Å². The monoisotopic (exact) mass is 411 g/mol. The third kappa shape index (κ3) is 4.82. The summed E-state index contributed by atoms with van der Waals surface area (Å²) < 4.78 is 37.0. The zero-order chi connectivity index (χ0) is 20.9. The molecule has 0 heterocycles. The number of carbonyl (C=O) groups excluding carboxylic acids is 1. The Hall–Kier alpha value is -3.16. The number of rotatable bonds is 7. The molecule has 0 radical (unpaired) electrons. The maximum absolute atomic E-state index is 12.7. The van der Waals surface area contributed by atoms with Crippen molar-refractivity contribution in [3.05, 3.63) is 90.0 Å². The van der Waals surface area contributed by atoms with Crippen molar-refractivity contribution in [3.8, 4) is 5.75 Å². The van der Waals surface area contributed by atoms with Crippen LogP contribution in [0.3, 0.4) is 0 Å². The molecule has 0 aliphatic rings. The van der Waals surface area contributed by atoms with Crippen LogP contribution < -0.4 is 9.04 Å². The molecule has 150 valence electrons. The molecule has 0 unspecified atom stereocenters. The fraction of sp³-hybridized carbons (Fsp3) is 0.136. The standard InChI is InChI=1S/C22H21NO5S/c1-23(29(25,26)21-6-4-3-5-7-21)19-12-14-20(15-13-19)28-22(24)18-10-8-17(9-11-18)16-27-2/h3-15H,16H2,1-2H3. The Labute approximate surface area is 170 Å². The van der Waals surface area contributed by atoms with E-state index in [1.807, 2.05) is 0 Å². The van der Waals surface area contributed by atoms with Gasteiger partial charge in [0.15, 0.2) is 0 Å². The largest absolute Gasteiger partial charge is 0.423 e. The lowest BCUT2D eigenvalue weighted by Crippen LogP contribution is -2.26. The van der Waals surface area contributed by atoms with Gasteiger partial charge in [0.25, 0.3) is 10.0 Å². The molecule has 0 amide bonds. The second kappa shape index (κ2) is 8.89. The molecule has 0 aliphatic carbocycles. The summed E-state index contributed by atoms with van der Waals surface area (Å²) in [4.78, 5) is 12.5. The van der Waals surface area contributed by atoms with E-state index in [-0.39, 0.29) is 4.90 Å². The number of ether oxygens (including phenoxy) is 2. The summed E-state index contributed by atoms with van der Waals surface area (Å²) in [7, 11) is -0.582. The Morgan fingerprint density at radius 2 is 1.52 bits per heavy atom. The summed E-state index contributed by atoms with van der Waals surface area (Å²) in [6, 6.07) is 21.4. The second-order valence-corrected chi connectivity index (χ2v) is 8.27. The van der Waals surface area contributed by atoms with E-state index in [4.69, 9.17) is 9.47 Å². The highest BCUT2D eigenvalue weighted by atomic mass is 32.2. The van der Waals surface area contributed by atoms with Gasteiger partial charge in [0, 0.05) is 14.2 Å². The highest BCUT2D eigenvalue weighted by Crippen LogP contribution is 2.24. The predicted molar refractivity (Wildman–Crippen MR) is 111 cm³/mol. The van der Waals surface area contributed by atoms with Gasteiger partial charge in [-0.1, -0.05) is 30.3 Å². The van der Waals surface area contributed by atoms with Crippen molar-refractivity contribution in [2.24, 2.45) is 0 Å². The van der Waals surface area contributed by atoms with Crippen molar-refractivity contribution in [2.45, 2.75) is 11.5 Å². The van der Waals surface area contributed by atoms with Crippen molar-refractivity contribution in [2.75, 3.05) is 18.5 Å². The summed E-state index contributed by atoms with van der Waals surface area (Å²) in [5.41, 5.74) is 1.83. The van der Waals surface area contributed by atoms with E-state index in [1.165, 1.54) is 11.4 Å². The molecule has 0 spiro atoms. The Bertz CT molecular complexity index is 1060. The van der Waals surface area contributed by atoms with Crippen LogP contribution in [-0.4, -0.2) is 28.5 Å². The van der Waals surface area contributed by atoms with Crippen molar-refractivity contribution in [1.29, 1.82) is 0 Å². The van der Waals surface area contributed by atoms with E-state index >= 15 is 0 Å². The number of hydrogen-bond acceptors (Lipinski definition) is 5. The molecule has 3 aromatic rings.